The van der Waals surface area contributed by atoms with Crippen molar-refractivity contribution in [2.75, 3.05) is 31.3 Å². The summed E-state index contributed by atoms with van der Waals surface area (Å²) in [5, 5.41) is 0.519. The first kappa shape index (κ1) is 24.2. The summed E-state index contributed by atoms with van der Waals surface area (Å²) in [5.41, 5.74) is 1.13. The van der Waals surface area contributed by atoms with E-state index < -0.39 is 5.97 Å². The number of rotatable bonds is 11. The Morgan fingerprint density at radius 2 is 2.00 bits per heavy atom. The van der Waals surface area contributed by atoms with Crippen LogP contribution in [0.5, 0.6) is 5.75 Å². The van der Waals surface area contributed by atoms with Crippen LogP contribution < -0.4 is 9.64 Å². The summed E-state index contributed by atoms with van der Waals surface area (Å²) < 4.78 is 16.5. The minimum Gasteiger partial charge on any atom is -0.491 e. The van der Waals surface area contributed by atoms with E-state index in [1.165, 1.54) is 11.3 Å². The van der Waals surface area contributed by atoms with Gasteiger partial charge in [-0.15, -0.1) is 0 Å². The predicted octanol–water partition coefficient (Wildman–Crippen LogP) is 5.02. The third-order valence-electron chi connectivity index (χ3n) is 5.27. The van der Waals surface area contributed by atoms with Crippen LogP contribution in [0.25, 0.3) is 0 Å². The van der Waals surface area contributed by atoms with E-state index in [2.05, 4.69) is 11.9 Å². The maximum atomic E-state index is 13.3. The number of aryl methyl sites for hydroxylation is 1. The minimum absolute atomic E-state index is 0.143. The Morgan fingerprint density at radius 1 is 1.22 bits per heavy atom. The molecule has 0 spiro atoms. The molecule has 1 aromatic heterocycles. The number of amides is 1. The summed E-state index contributed by atoms with van der Waals surface area (Å²) in [6.45, 7) is 7.80. The summed E-state index contributed by atoms with van der Waals surface area (Å²) >= 11 is 1.20. The van der Waals surface area contributed by atoms with Crippen molar-refractivity contribution in [2.45, 2.75) is 59.0 Å². The van der Waals surface area contributed by atoms with Crippen LogP contribution in [-0.2, 0) is 9.47 Å². The molecule has 1 atom stereocenters. The summed E-state index contributed by atoms with van der Waals surface area (Å²) in [7, 11) is 0. The number of ether oxygens (including phenoxy) is 3. The minimum atomic E-state index is -0.401. The molecule has 1 fully saturated rings. The molecule has 3 rings (SSSR count). The van der Waals surface area contributed by atoms with Gasteiger partial charge in [0.25, 0.3) is 5.91 Å². The first-order chi connectivity index (χ1) is 15.5. The van der Waals surface area contributed by atoms with Gasteiger partial charge in [-0.1, -0.05) is 31.1 Å². The molecule has 2 heterocycles. The van der Waals surface area contributed by atoms with Crippen molar-refractivity contribution in [1.29, 1.82) is 0 Å². The quantitative estimate of drug-likeness (QED) is 0.346. The number of carbonyl (C=O) groups excluding carboxylic acids is 2. The third kappa shape index (κ3) is 6.29. The standard InChI is InChI=1S/C24H32N2O5S/c1-4-6-7-14-26(24-25-17(3)21(32-24)23(28)29-5-2)22(27)18-10-12-19(13-11-18)31-16-20-9-8-15-30-20/h10-13,20H,4-9,14-16H2,1-3H3. The van der Waals surface area contributed by atoms with Crippen LogP contribution in [0, 0.1) is 6.92 Å². The molecule has 1 amide bonds. The number of unbranched alkanes of at least 4 members (excludes halogenated alkanes) is 2. The smallest absolute Gasteiger partial charge is 0.350 e. The highest BCUT2D eigenvalue weighted by Gasteiger charge is 2.25. The number of anilines is 1. The average molecular weight is 461 g/mol. The van der Waals surface area contributed by atoms with E-state index >= 15 is 0 Å². The fourth-order valence-electron chi connectivity index (χ4n) is 3.50. The highest BCUT2D eigenvalue weighted by atomic mass is 32.1. The molecular weight excluding hydrogens is 428 g/mol. The van der Waals surface area contributed by atoms with Crippen LogP contribution in [-0.4, -0.2) is 49.3 Å². The molecule has 7 nitrogen and oxygen atoms in total. The molecule has 2 aromatic rings. The van der Waals surface area contributed by atoms with Gasteiger partial charge in [0.15, 0.2) is 5.13 Å². The molecule has 0 bridgehead atoms. The van der Waals surface area contributed by atoms with Crippen LogP contribution >= 0.6 is 11.3 Å². The summed E-state index contributed by atoms with van der Waals surface area (Å²) in [5.74, 6) is 0.169. The van der Waals surface area contributed by atoms with E-state index in [-0.39, 0.29) is 12.0 Å². The van der Waals surface area contributed by atoms with Crippen LogP contribution in [0.1, 0.15) is 71.7 Å². The van der Waals surface area contributed by atoms with Crippen molar-refractivity contribution < 1.29 is 23.8 Å². The van der Waals surface area contributed by atoms with Crippen molar-refractivity contribution in [3.05, 3.63) is 40.4 Å². The number of hydrogen-bond donors (Lipinski definition) is 0. The fourth-order valence-corrected chi connectivity index (χ4v) is 4.49. The molecule has 1 saturated heterocycles. The second kappa shape index (κ2) is 12.0. The van der Waals surface area contributed by atoms with Crippen LogP contribution in [0.4, 0.5) is 5.13 Å². The van der Waals surface area contributed by atoms with Gasteiger partial charge in [0.2, 0.25) is 0 Å². The molecule has 8 heteroatoms. The Labute approximate surface area is 193 Å². The Bertz CT molecular complexity index is 890. The highest BCUT2D eigenvalue weighted by Crippen LogP contribution is 2.29. The molecule has 0 saturated carbocycles. The maximum Gasteiger partial charge on any atom is 0.350 e. The van der Waals surface area contributed by atoms with Gasteiger partial charge >= 0.3 is 5.97 Å². The molecule has 1 unspecified atom stereocenters. The molecule has 1 aromatic carbocycles. The normalized spacial score (nSPS) is 15.5. The van der Waals surface area contributed by atoms with Gasteiger partial charge in [0.05, 0.1) is 18.4 Å². The first-order valence-corrected chi connectivity index (χ1v) is 12.2. The second-order valence-corrected chi connectivity index (χ2v) is 8.74. The van der Waals surface area contributed by atoms with E-state index in [4.69, 9.17) is 14.2 Å². The third-order valence-corrected chi connectivity index (χ3v) is 6.43. The fraction of sp³-hybridized carbons (Fsp3) is 0.542. The first-order valence-electron chi connectivity index (χ1n) is 11.3. The molecule has 0 radical (unpaired) electrons. The van der Waals surface area contributed by atoms with E-state index in [0.717, 1.165) is 38.7 Å². The molecule has 0 N–H and O–H groups in total. The van der Waals surface area contributed by atoms with E-state index in [1.807, 2.05) is 12.1 Å². The van der Waals surface area contributed by atoms with E-state index in [9.17, 15) is 9.59 Å². The van der Waals surface area contributed by atoms with Crippen molar-refractivity contribution in [3.63, 3.8) is 0 Å². The Balaban J connectivity index is 1.74. The van der Waals surface area contributed by atoms with Crippen molar-refractivity contribution >= 4 is 28.3 Å². The van der Waals surface area contributed by atoms with Gasteiger partial charge in [-0.05, 0) is 57.4 Å². The Morgan fingerprint density at radius 3 is 2.66 bits per heavy atom. The van der Waals surface area contributed by atoms with Gasteiger partial charge in [0.1, 0.15) is 17.2 Å². The van der Waals surface area contributed by atoms with Gasteiger partial charge in [-0.2, -0.15) is 0 Å². The lowest BCUT2D eigenvalue weighted by molar-refractivity contribution is 0.0531. The topological polar surface area (TPSA) is 78.0 Å². The van der Waals surface area contributed by atoms with Gasteiger partial charge in [-0.25, -0.2) is 9.78 Å². The van der Waals surface area contributed by atoms with E-state index in [1.54, 1.807) is 30.9 Å². The SMILES string of the molecule is CCCCCN(C(=O)c1ccc(OCC2CCCO2)cc1)c1nc(C)c(C(=O)OCC)s1. The Hall–Kier alpha value is -2.45. The molecule has 1 aliphatic rings. The largest absolute Gasteiger partial charge is 0.491 e. The maximum absolute atomic E-state index is 13.3. The second-order valence-electron chi connectivity index (χ2n) is 7.77. The molecule has 174 valence electrons. The van der Waals surface area contributed by atoms with Gasteiger partial charge in [0, 0.05) is 18.7 Å². The van der Waals surface area contributed by atoms with Crippen LogP contribution in [0.15, 0.2) is 24.3 Å². The van der Waals surface area contributed by atoms with E-state index in [0.29, 0.717) is 46.8 Å². The lowest BCUT2D eigenvalue weighted by atomic mass is 10.1. The molecule has 1 aliphatic heterocycles. The van der Waals surface area contributed by atoms with Crippen molar-refractivity contribution in [3.8, 4) is 5.75 Å². The van der Waals surface area contributed by atoms with Gasteiger partial charge in [-0.3, -0.25) is 9.69 Å². The number of esters is 1. The molecule has 0 aliphatic carbocycles. The Kier molecular flexibility index (Phi) is 9.05. The highest BCUT2D eigenvalue weighted by molar-refractivity contribution is 7.17. The average Bonchev–Trinajstić information content (AvgIpc) is 3.45. The number of aromatic nitrogens is 1. The van der Waals surface area contributed by atoms with Crippen LogP contribution in [0.2, 0.25) is 0 Å². The van der Waals surface area contributed by atoms with Crippen molar-refractivity contribution in [1.82, 2.24) is 4.98 Å². The lowest BCUT2D eigenvalue weighted by Gasteiger charge is -2.20. The zero-order valence-corrected chi connectivity index (χ0v) is 19.9. The lowest BCUT2D eigenvalue weighted by Crippen LogP contribution is -2.32. The predicted molar refractivity (Wildman–Crippen MR) is 125 cm³/mol. The van der Waals surface area contributed by atoms with Gasteiger partial charge < -0.3 is 14.2 Å². The number of thiazole rings is 1. The van der Waals surface area contributed by atoms with Crippen LogP contribution in [0.3, 0.4) is 0 Å². The summed E-state index contributed by atoms with van der Waals surface area (Å²) in [6.07, 6.45) is 5.15. The molecular formula is C24H32N2O5S. The monoisotopic (exact) mass is 460 g/mol. The number of nitrogens with zero attached hydrogens (tertiary/aromatic N) is 2. The zero-order valence-electron chi connectivity index (χ0n) is 19.1. The summed E-state index contributed by atoms with van der Waals surface area (Å²) in [6, 6.07) is 7.16. The summed E-state index contributed by atoms with van der Waals surface area (Å²) in [4.78, 5) is 32.2. The zero-order chi connectivity index (χ0) is 22.9. The molecule has 32 heavy (non-hydrogen) atoms. The number of hydrogen-bond acceptors (Lipinski definition) is 7. The number of benzene rings is 1. The van der Waals surface area contributed by atoms with Crippen molar-refractivity contribution in [2.24, 2.45) is 0 Å². The number of carbonyl (C=O) groups is 2.